The number of aromatic carboxylic acids is 1. The summed E-state index contributed by atoms with van der Waals surface area (Å²) < 4.78 is 27.2. The second-order valence-electron chi connectivity index (χ2n) is 5.40. The number of nitrogens with one attached hydrogen (secondary N) is 1. The van der Waals surface area contributed by atoms with Crippen LogP contribution < -0.4 is 4.72 Å². The summed E-state index contributed by atoms with van der Waals surface area (Å²) >= 11 is 0. The van der Waals surface area contributed by atoms with Gasteiger partial charge in [-0.1, -0.05) is 49.4 Å². The molecule has 2 N–H and O–H groups in total. The standard InChI is InChI=1S/C18H23NO4S/c1-5-7-13(3)8-9-14(4)24(22,23)19-17-11-10-15(6-2)12-16(17)18(20)21/h5,7-12,14,19H,1,6H2,2-4H3,(H,20,21)/b9-8-,13-7-. The summed E-state index contributed by atoms with van der Waals surface area (Å²) in [7, 11) is -3.75. The molecule has 130 valence electrons. The van der Waals surface area contributed by atoms with Crippen LogP contribution in [0.4, 0.5) is 5.69 Å². The maximum atomic E-state index is 12.4. The molecule has 0 aliphatic heterocycles. The van der Waals surface area contributed by atoms with Crippen molar-refractivity contribution in [3.63, 3.8) is 0 Å². The molecule has 0 heterocycles. The Hall–Kier alpha value is -2.34. The molecular weight excluding hydrogens is 326 g/mol. The number of hydrogen-bond acceptors (Lipinski definition) is 3. The van der Waals surface area contributed by atoms with Crippen LogP contribution in [0.2, 0.25) is 0 Å². The number of rotatable bonds is 8. The summed E-state index contributed by atoms with van der Waals surface area (Å²) in [5.74, 6) is -1.17. The Kier molecular flexibility index (Phi) is 6.97. The third-order valence-electron chi connectivity index (χ3n) is 3.48. The van der Waals surface area contributed by atoms with Crippen molar-refractivity contribution in [3.8, 4) is 0 Å². The van der Waals surface area contributed by atoms with E-state index in [0.29, 0.717) is 6.42 Å². The van der Waals surface area contributed by atoms with Gasteiger partial charge in [0.2, 0.25) is 10.0 Å². The normalized spacial score (nSPS) is 13.7. The van der Waals surface area contributed by atoms with E-state index >= 15 is 0 Å². The number of carbonyl (C=O) groups is 1. The molecule has 0 saturated heterocycles. The number of carboxylic acids is 1. The molecule has 1 aromatic rings. The molecule has 0 saturated carbocycles. The molecular formula is C18H23NO4S. The predicted octanol–water partition coefficient (Wildman–Crippen LogP) is 3.77. The molecule has 6 heteroatoms. The van der Waals surface area contributed by atoms with E-state index in [1.165, 1.54) is 19.1 Å². The Balaban J connectivity index is 3.08. The molecule has 0 aromatic heterocycles. The largest absolute Gasteiger partial charge is 0.478 e. The quantitative estimate of drug-likeness (QED) is 0.700. The first-order chi connectivity index (χ1) is 11.2. The van der Waals surface area contributed by atoms with Crippen LogP contribution in [0.25, 0.3) is 0 Å². The molecule has 0 fully saturated rings. The van der Waals surface area contributed by atoms with Crippen LogP contribution in [0.3, 0.4) is 0 Å². The zero-order valence-corrected chi connectivity index (χ0v) is 14.9. The number of allylic oxidation sites excluding steroid dienone is 4. The van der Waals surface area contributed by atoms with E-state index < -0.39 is 21.2 Å². The third kappa shape index (κ3) is 5.38. The highest BCUT2D eigenvalue weighted by Crippen LogP contribution is 2.21. The number of carboxylic acid groups (broad SMARTS) is 1. The fourth-order valence-electron chi connectivity index (χ4n) is 1.96. The van der Waals surface area contributed by atoms with Crippen molar-refractivity contribution < 1.29 is 18.3 Å². The summed E-state index contributed by atoms with van der Waals surface area (Å²) in [4.78, 5) is 11.4. The first kappa shape index (κ1) is 19.7. The van der Waals surface area contributed by atoms with Crippen molar-refractivity contribution >= 4 is 21.7 Å². The van der Waals surface area contributed by atoms with E-state index in [-0.39, 0.29) is 11.3 Å². The number of benzene rings is 1. The van der Waals surface area contributed by atoms with E-state index in [9.17, 15) is 18.3 Å². The summed E-state index contributed by atoms with van der Waals surface area (Å²) in [6.45, 7) is 8.83. The lowest BCUT2D eigenvalue weighted by Crippen LogP contribution is -2.24. The van der Waals surface area contributed by atoms with Crippen LogP contribution >= 0.6 is 0 Å². The topological polar surface area (TPSA) is 83.5 Å². The predicted molar refractivity (Wildman–Crippen MR) is 97.9 cm³/mol. The van der Waals surface area contributed by atoms with Crippen molar-refractivity contribution in [2.75, 3.05) is 4.72 Å². The molecule has 0 radical (unpaired) electrons. The minimum atomic E-state index is -3.75. The fraction of sp³-hybridized carbons (Fsp3) is 0.278. The van der Waals surface area contributed by atoms with Gasteiger partial charge < -0.3 is 5.11 Å². The van der Waals surface area contributed by atoms with E-state index in [1.54, 1.807) is 30.4 Å². The average Bonchev–Trinajstić information content (AvgIpc) is 2.52. The maximum Gasteiger partial charge on any atom is 0.337 e. The van der Waals surface area contributed by atoms with Gasteiger partial charge >= 0.3 is 5.97 Å². The molecule has 1 rings (SSSR count). The second kappa shape index (κ2) is 8.49. The van der Waals surface area contributed by atoms with Gasteiger partial charge in [-0.25, -0.2) is 13.2 Å². The highest BCUT2D eigenvalue weighted by atomic mass is 32.2. The molecule has 1 unspecified atom stereocenters. The lowest BCUT2D eigenvalue weighted by Gasteiger charge is -2.14. The van der Waals surface area contributed by atoms with Gasteiger partial charge in [0.1, 0.15) is 0 Å². The van der Waals surface area contributed by atoms with Crippen molar-refractivity contribution in [1.29, 1.82) is 0 Å². The van der Waals surface area contributed by atoms with Crippen molar-refractivity contribution in [2.24, 2.45) is 0 Å². The maximum absolute atomic E-state index is 12.4. The van der Waals surface area contributed by atoms with Crippen LogP contribution in [0.15, 0.2) is 54.7 Å². The fourth-order valence-corrected chi connectivity index (χ4v) is 2.91. The smallest absolute Gasteiger partial charge is 0.337 e. The Morgan fingerprint density at radius 2 is 2.08 bits per heavy atom. The third-order valence-corrected chi connectivity index (χ3v) is 5.12. The molecule has 0 aliphatic rings. The van der Waals surface area contributed by atoms with Crippen LogP contribution in [-0.2, 0) is 16.4 Å². The van der Waals surface area contributed by atoms with E-state index in [1.807, 2.05) is 13.8 Å². The van der Waals surface area contributed by atoms with Gasteiger partial charge in [-0.2, -0.15) is 0 Å². The van der Waals surface area contributed by atoms with Crippen LogP contribution in [0, 0.1) is 0 Å². The first-order valence-corrected chi connectivity index (χ1v) is 9.11. The molecule has 5 nitrogen and oxygen atoms in total. The average molecular weight is 349 g/mol. The minimum Gasteiger partial charge on any atom is -0.478 e. The van der Waals surface area contributed by atoms with E-state index in [0.717, 1.165) is 11.1 Å². The SMILES string of the molecule is C=C/C=C(C)\C=C/C(C)S(=O)(=O)Nc1ccc(CC)cc1C(=O)O. The monoisotopic (exact) mass is 349 g/mol. The highest BCUT2D eigenvalue weighted by molar-refractivity contribution is 7.93. The number of aryl methyl sites for hydroxylation is 1. The van der Waals surface area contributed by atoms with Crippen LogP contribution in [0.5, 0.6) is 0 Å². The Morgan fingerprint density at radius 1 is 1.42 bits per heavy atom. The zero-order valence-electron chi connectivity index (χ0n) is 14.1. The molecule has 1 atom stereocenters. The Morgan fingerprint density at radius 3 is 2.62 bits per heavy atom. The zero-order chi connectivity index (χ0) is 18.3. The van der Waals surface area contributed by atoms with Gasteiger partial charge in [0.15, 0.2) is 0 Å². The van der Waals surface area contributed by atoms with Crippen LogP contribution in [-0.4, -0.2) is 24.7 Å². The molecule has 0 amide bonds. The van der Waals surface area contributed by atoms with Gasteiger partial charge in [-0.3, -0.25) is 4.72 Å². The Labute approximate surface area is 143 Å². The minimum absolute atomic E-state index is 0.0585. The summed E-state index contributed by atoms with van der Waals surface area (Å²) in [6.07, 6.45) is 7.27. The van der Waals surface area contributed by atoms with Gasteiger partial charge in [0.25, 0.3) is 0 Å². The lowest BCUT2D eigenvalue weighted by molar-refractivity contribution is 0.0698. The van der Waals surface area contributed by atoms with Crippen molar-refractivity contribution in [1.82, 2.24) is 0 Å². The molecule has 1 aromatic carbocycles. The number of hydrogen-bond donors (Lipinski definition) is 2. The van der Waals surface area contributed by atoms with Crippen molar-refractivity contribution in [2.45, 2.75) is 32.4 Å². The molecule has 0 bridgehead atoms. The second-order valence-corrected chi connectivity index (χ2v) is 7.43. The van der Waals surface area contributed by atoms with Crippen LogP contribution in [0.1, 0.15) is 36.7 Å². The molecule has 0 spiro atoms. The first-order valence-electron chi connectivity index (χ1n) is 7.56. The van der Waals surface area contributed by atoms with E-state index in [4.69, 9.17) is 0 Å². The number of anilines is 1. The van der Waals surface area contributed by atoms with Crippen molar-refractivity contribution in [3.05, 3.63) is 65.8 Å². The van der Waals surface area contributed by atoms with Gasteiger partial charge in [0, 0.05) is 0 Å². The summed E-state index contributed by atoms with van der Waals surface area (Å²) in [5.41, 5.74) is 1.70. The van der Waals surface area contributed by atoms with Gasteiger partial charge in [0.05, 0.1) is 16.5 Å². The van der Waals surface area contributed by atoms with Gasteiger partial charge in [-0.15, -0.1) is 0 Å². The summed E-state index contributed by atoms with van der Waals surface area (Å²) in [6, 6.07) is 4.68. The lowest BCUT2D eigenvalue weighted by atomic mass is 10.1. The molecule has 24 heavy (non-hydrogen) atoms. The summed E-state index contributed by atoms with van der Waals surface area (Å²) in [5, 5.41) is 8.47. The van der Waals surface area contributed by atoms with E-state index in [2.05, 4.69) is 11.3 Å². The molecule has 0 aliphatic carbocycles. The van der Waals surface area contributed by atoms with Gasteiger partial charge in [-0.05, 0) is 38.0 Å². The Bertz CT molecular complexity index is 776. The highest BCUT2D eigenvalue weighted by Gasteiger charge is 2.21. The number of sulfonamides is 1.